The average molecular weight is 158 g/mol. The molecule has 0 aliphatic heterocycles. The fourth-order valence-electron chi connectivity index (χ4n) is 1.26. The van der Waals surface area contributed by atoms with Gasteiger partial charge in [-0.2, -0.15) is 0 Å². The van der Waals surface area contributed by atoms with Gasteiger partial charge in [0.1, 0.15) is 0 Å². The van der Waals surface area contributed by atoms with Crippen molar-refractivity contribution in [2.75, 3.05) is 26.4 Å². The molecule has 0 aromatic carbocycles. The number of hydrogen-bond donors (Lipinski definition) is 0. The fourth-order valence-corrected chi connectivity index (χ4v) is 1.26. The third-order valence-electron chi connectivity index (χ3n) is 2.14. The van der Waals surface area contributed by atoms with Gasteiger partial charge in [0.15, 0.2) is 0 Å². The standard InChI is InChI=1S/C9H18O2/c1-3-10-6-8-5-9(8)7-11-4-2/h8-9H,3-7H2,1-2H3/t8-,9+. The van der Waals surface area contributed by atoms with Gasteiger partial charge in [0.05, 0.1) is 0 Å². The van der Waals surface area contributed by atoms with E-state index in [1.807, 2.05) is 13.8 Å². The van der Waals surface area contributed by atoms with Crippen LogP contribution in [-0.4, -0.2) is 26.4 Å². The molecule has 0 amide bonds. The Morgan fingerprint density at radius 1 is 1.00 bits per heavy atom. The van der Waals surface area contributed by atoms with E-state index in [1.165, 1.54) is 6.42 Å². The van der Waals surface area contributed by atoms with E-state index in [4.69, 9.17) is 9.47 Å². The summed E-state index contributed by atoms with van der Waals surface area (Å²) in [6.07, 6.45) is 1.31. The summed E-state index contributed by atoms with van der Waals surface area (Å²) in [5.74, 6) is 1.59. The van der Waals surface area contributed by atoms with E-state index in [1.54, 1.807) is 0 Å². The molecule has 1 fully saturated rings. The highest BCUT2D eigenvalue weighted by Crippen LogP contribution is 2.38. The van der Waals surface area contributed by atoms with Gasteiger partial charge in [-0.25, -0.2) is 0 Å². The Kier molecular flexibility index (Phi) is 3.87. The quantitative estimate of drug-likeness (QED) is 0.585. The second kappa shape index (κ2) is 4.73. The van der Waals surface area contributed by atoms with Crippen LogP contribution >= 0.6 is 0 Å². The van der Waals surface area contributed by atoms with Gasteiger partial charge in [-0.05, 0) is 32.1 Å². The Labute approximate surface area is 68.9 Å². The topological polar surface area (TPSA) is 18.5 Å². The van der Waals surface area contributed by atoms with Crippen LogP contribution in [0, 0.1) is 11.8 Å². The van der Waals surface area contributed by atoms with Crippen molar-refractivity contribution in [3.8, 4) is 0 Å². The molecule has 0 saturated heterocycles. The monoisotopic (exact) mass is 158 g/mol. The maximum Gasteiger partial charge on any atom is 0.0497 e. The van der Waals surface area contributed by atoms with Gasteiger partial charge >= 0.3 is 0 Å². The smallest absolute Gasteiger partial charge is 0.0497 e. The molecule has 2 atom stereocenters. The van der Waals surface area contributed by atoms with Crippen molar-refractivity contribution < 1.29 is 9.47 Å². The molecule has 0 unspecified atom stereocenters. The highest BCUT2D eigenvalue weighted by Gasteiger charge is 2.36. The summed E-state index contributed by atoms with van der Waals surface area (Å²) in [6.45, 7) is 7.65. The zero-order valence-corrected chi connectivity index (χ0v) is 7.51. The molecule has 1 aliphatic carbocycles. The van der Waals surface area contributed by atoms with Crippen LogP contribution in [0.4, 0.5) is 0 Å². The van der Waals surface area contributed by atoms with Gasteiger partial charge < -0.3 is 9.47 Å². The van der Waals surface area contributed by atoms with Crippen LogP contribution in [0.15, 0.2) is 0 Å². The molecule has 0 heterocycles. The van der Waals surface area contributed by atoms with E-state index in [9.17, 15) is 0 Å². The number of ether oxygens (including phenoxy) is 2. The molecule has 0 spiro atoms. The number of hydrogen-bond acceptors (Lipinski definition) is 2. The van der Waals surface area contributed by atoms with Gasteiger partial charge in [0.25, 0.3) is 0 Å². The Hall–Kier alpha value is -0.0800. The summed E-state index contributed by atoms with van der Waals surface area (Å²) in [5.41, 5.74) is 0. The lowest BCUT2D eigenvalue weighted by Gasteiger charge is -2.00. The van der Waals surface area contributed by atoms with Crippen molar-refractivity contribution in [2.45, 2.75) is 20.3 Å². The van der Waals surface area contributed by atoms with E-state index >= 15 is 0 Å². The van der Waals surface area contributed by atoms with Crippen LogP contribution in [0.3, 0.4) is 0 Å². The molecule has 2 nitrogen and oxygen atoms in total. The molecule has 11 heavy (non-hydrogen) atoms. The van der Waals surface area contributed by atoms with Crippen LogP contribution in [0.2, 0.25) is 0 Å². The normalized spacial score (nSPS) is 28.9. The first-order chi connectivity index (χ1) is 5.38. The van der Waals surface area contributed by atoms with E-state index in [0.717, 1.165) is 38.3 Å². The predicted octanol–water partition coefficient (Wildman–Crippen LogP) is 1.70. The molecule has 2 heteroatoms. The molecule has 66 valence electrons. The Balaban J connectivity index is 1.89. The van der Waals surface area contributed by atoms with Crippen molar-refractivity contribution in [3.05, 3.63) is 0 Å². The van der Waals surface area contributed by atoms with Gasteiger partial charge in [0, 0.05) is 26.4 Å². The predicted molar refractivity (Wildman–Crippen MR) is 44.6 cm³/mol. The summed E-state index contributed by atoms with van der Waals surface area (Å²) < 4.78 is 10.6. The van der Waals surface area contributed by atoms with E-state index in [-0.39, 0.29) is 0 Å². The van der Waals surface area contributed by atoms with Gasteiger partial charge in [-0.15, -0.1) is 0 Å². The maximum atomic E-state index is 5.31. The lowest BCUT2D eigenvalue weighted by Crippen LogP contribution is -2.02. The third-order valence-corrected chi connectivity index (χ3v) is 2.14. The van der Waals surface area contributed by atoms with E-state index in [0.29, 0.717) is 0 Å². The molecule has 0 aromatic heterocycles. The minimum absolute atomic E-state index is 0.793. The van der Waals surface area contributed by atoms with Crippen molar-refractivity contribution in [2.24, 2.45) is 11.8 Å². The lowest BCUT2D eigenvalue weighted by atomic mass is 10.3. The van der Waals surface area contributed by atoms with Crippen molar-refractivity contribution in [3.63, 3.8) is 0 Å². The maximum absolute atomic E-state index is 5.31. The fraction of sp³-hybridized carbons (Fsp3) is 1.00. The summed E-state index contributed by atoms with van der Waals surface area (Å²) in [6, 6.07) is 0. The summed E-state index contributed by atoms with van der Waals surface area (Å²) in [4.78, 5) is 0. The largest absolute Gasteiger partial charge is 0.381 e. The van der Waals surface area contributed by atoms with Gasteiger partial charge in [-0.1, -0.05) is 0 Å². The van der Waals surface area contributed by atoms with Gasteiger partial charge in [-0.3, -0.25) is 0 Å². The molecule has 1 saturated carbocycles. The zero-order valence-electron chi connectivity index (χ0n) is 7.51. The van der Waals surface area contributed by atoms with E-state index in [2.05, 4.69) is 0 Å². The molecule has 0 bridgehead atoms. The van der Waals surface area contributed by atoms with Crippen LogP contribution in [-0.2, 0) is 9.47 Å². The molecule has 0 aromatic rings. The molecule has 0 N–H and O–H groups in total. The molecular formula is C9H18O2. The van der Waals surface area contributed by atoms with Crippen molar-refractivity contribution in [1.29, 1.82) is 0 Å². The number of rotatable bonds is 6. The van der Waals surface area contributed by atoms with Crippen molar-refractivity contribution >= 4 is 0 Å². The molecular weight excluding hydrogens is 140 g/mol. The first-order valence-electron chi connectivity index (χ1n) is 4.54. The first-order valence-corrected chi connectivity index (χ1v) is 4.54. The lowest BCUT2D eigenvalue weighted by molar-refractivity contribution is 0.108. The summed E-state index contributed by atoms with van der Waals surface area (Å²) >= 11 is 0. The second-order valence-corrected chi connectivity index (χ2v) is 3.07. The first kappa shape index (κ1) is 9.01. The highest BCUT2D eigenvalue weighted by molar-refractivity contribution is 4.85. The molecule has 1 aliphatic rings. The van der Waals surface area contributed by atoms with Crippen molar-refractivity contribution in [1.82, 2.24) is 0 Å². The Morgan fingerprint density at radius 2 is 1.45 bits per heavy atom. The van der Waals surface area contributed by atoms with Crippen LogP contribution in [0.1, 0.15) is 20.3 Å². The summed E-state index contributed by atoms with van der Waals surface area (Å²) in [7, 11) is 0. The summed E-state index contributed by atoms with van der Waals surface area (Å²) in [5, 5.41) is 0. The van der Waals surface area contributed by atoms with Crippen LogP contribution < -0.4 is 0 Å². The molecule has 0 radical (unpaired) electrons. The minimum atomic E-state index is 0.793. The highest BCUT2D eigenvalue weighted by atomic mass is 16.5. The average Bonchev–Trinajstić information content (AvgIpc) is 2.76. The van der Waals surface area contributed by atoms with Gasteiger partial charge in [0.2, 0.25) is 0 Å². The van der Waals surface area contributed by atoms with Crippen LogP contribution in [0.25, 0.3) is 0 Å². The SMILES string of the molecule is CCOC[C@@H]1C[C@@H]1COCC. The van der Waals surface area contributed by atoms with Crippen LogP contribution in [0.5, 0.6) is 0 Å². The minimum Gasteiger partial charge on any atom is -0.381 e. The van der Waals surface area contributed by atoms with E-state index < -0.39 is 0 Å². The second-order valence-electron chi connectivity index (χ2n) is 3.07. The molecule has 1 rings (SSSR count). The Bertz CT molecular complexity index is 91.7. The zero-order chi connectivity index (χ0) is 8.10. The Morgan fingerprint density at radius 3 is 1.82 bits per heavy atom. The third kappa shape index (κ3) is 3.21.